The average molecular weight is 405 g/mol. The molecule has 25 heavy (non-hydrogen) atoms. The molecule has 0 fully saturated rings. The second kappa shape index (κ2) is 9.22. The van der Waals surface area contributed by atoms with E-state index in [1.165, 1.54) is 0 Å². The largest absolute Gasteiger partial charge is 0.491 e. The zero-order valence-corrected chi connectivity index (χ0v) is 15.9. The molecule has 132 valence electrons. The van der Waals surface area contributed by atoms with Crippen molar-refractivity contribution in [3.63, 3.8) is 0 Å². The zero-order chi connectivity index (χ0) is 18.2. The van der Waals surface area contributed by atoms with Crippen LogP contribution >= 0.6 is 15.9 Å². The van der Waals surface area contributed by atoms with Crippen molar-refractivity contribution >= 4 is 27.7 Å². The second-order valence-electron chi connectivity index (χ2n) is 5.62. The van der Waals surface area contributed by atoms with E-state index in [1.807, 2.05) is 37.3 Å². The molecule has 6 heteroatoms. The molecular weight excluding hydrogens is 384 g/mol. The van der Waals surface area contributed by atoms with Crippen molar-refractivity contribution in [2.45, 2.75) is 6.92 Å². The summed E-state index contributed by atoms with van der Waals surface area (Å²) in [6.07, 6.45) is 0. The van der Waals surface area contributed by atoms with Crippen molar-refractivity contribution in [2.75, 3.05) is 26.7 Å². The van der Waals surface area contributed by atoms with Gasteiger partial charge >= 0.3 is 0 Å². The Hall–Kier alpha value is -2.34. The second-order valence-corrected chi connectivity index (χ2v) is 6.54. The van der Waals surface area contributed by atoms with Crippen LogP contribution in [0.15, 0.2) is 53.0 Å². The van der Waals surface area contributed by atoms with Crippen LogP contribution in [0.4, 0.5) is 0 Å². The maximum absolute atomic E-state index is 12.1. The number of halogens is 1. The van der Waals surface area contributed by atoms with Crippen LogP contribution < -0.4 is 10.1 Å². The Balaban J connectivity index is 1.75. The standard InChI is InChI=1S/C19H21BrN2O3/c1-14-6-3-4-9-17(14)25-11-10-22(2)18(23)13-21-19(24)15-7-5-8-16(20)12-15/h3-9,12H,10-11,13H2,1-2H3,(H,21,24). The summed E-state index contributed by atoms with van der Waals surface area (Å²) in [4.78, 5) is 25.7. The van der Waals surface area contributed by atoms with Gasteiger partial charge in [-0.1, -0.05) is 40.2 Å². The van der Waals surface area contributed by atoms with E-state index in [9.17, 15) is 9.59 Å². The van der Waals surface area contributed by atoms with E-state index in [0.717, 1.165) is 15.8 Å². The van der Waals surface area contributed by atoms with Gasteiger partial charge in [-0.15, -0.1) is 0 Å². The number of amides is 2. The summed E-state index contributed by atoms with van der Waals surface area (Å²) in [7, 11) is 1.69. The summed E-state index contributed by atoms with van der Waals surface area (Å²) in [5, 5.41) is 2.63. The van der Waals surface area contributed by atoms with Crippen molar-refractivity contribution in [1.29, 1.82) is 0 Å². The van der Waals surface area contributed by atoms with E-state index in [2.05, 4.69) is 21.2 Å². The third-order valence-electron chi connectivity index (χ3n) is 3.69. The fraction of sp³-hybridized carbons (Fsp3) is 0.263. The van der Waals surface area contributed by atoms with Gasteiger partial charge in [0.25, 0.3) is 5.91 Å². The van der Waals surface area contributed by atoms with Gasteiger partial charge in [0.1, 0.15) is 12.4 Å². The Morgan fingerprint density at radius 2 is 1.92 bits per heavy atom. The molecule has 0 atom stereocenters. The maximum Gasteiger partial charge on any atom is 0.251 e. The first-order chi connectivity index (χ1) is 12.0. The van der Waals surface area contributed by atoms with Gasteiger partial charge in [0, 0.05) is 17.1 Å². The van der Waals surface area contributed by atoms with Crippen LogP contribution in [-0.4, -0.2) is 43.5 Å². The number of para-hydroxylation sites is 1. The van der Waals surface area contributed by atoms with E-state index in [1.54, 1.807) is 30.1 Å². The predicted molar refractivity (Wildman–Crippen MR) is 101 cm³/mol. The molecule has 2 rings (SSSR count). The van der Waals surface area contributed by atoms with Crippen molar-refractivity contribution in [3.8, 4) is 5.75 Å². The number of carbonyl (C=O) groups excluding carboxylic acids is 2. The first-order valence-electron chi connectivity index (χ1n) is 7.93. The molecule has 5 nitrogen and oxygen atoms in total. The molecular formula is C19H21BrN2O3. The molecule has 0 aliphatic carbocycles. The number of rotatable bonds is 7. The molecule has 2 aromatic carbocycles. The number of ether oxygens (including phenoxy) is 1. The highest BCUT2D eigenvalue weighted by atomic mass is 79.9. The van der Waals surface area contributed by atoms with E-state index < -0.39 is 0 Å². The van der Waals surface area contributed by atoms with Gasteiger partial charge < -0.3 is 15.0 Å². The Labute approximate surface area is 156 Å². The van der Waals surface area contributed by atoms with Crippen molar-refractivity contribution < 1.29 is 14.3 Å². The van der Waals surface area contributed by atoms with Gasteiger partial charge in [-0.05, 0) is 36.8 Å². The summed E-state index contributed by atoms with van der Waals surface area (Å²) in [5.74, 6) is 0.363. The number of benzene rings is 2. The van der Waals surface area contributed by atoms with Crippen LogP contribution in [0, 0.1) is 6.92 Å². The fourth-order valence-electron chi connectivity index (χ4n) is 2.16. The average Bonchev–Trinajstić information content (AvgIpc) is 2.60. The zero-order valence-electron chi connectivity index (χ0n) is 14.3. The Morgan fingerprint density at radius 3 is 2.64 bits per heavy atom. The SMILES string of the molecule is Cc1ccccc1OCCN(C)C(=O)CNC(=O)c1cccc(Br)c1. The molecule has 0 aromatic heterocycles. The lowest BCUT2D eigenvalue weighted by molar-refractivity contribution is -0.129. The Morgan fingerprint density at radius 1 is 1.16 bits per heavy atom. The monoisotopic (exact) mass is 404 g/mol. The van der Waals surface area contributed by atoms with Crippen LogP contribution in [0.25, 0.3) is 0 Å². The summed E-state index contributed by atoms with van der Waals surface area (Å²) in [6.45, 7) is 2.76. The van der Waals surface area contributed by atoms with Gasteiger partial charge in [0.05, 0.1) is 13.1 Å². The molecule has 1 N–H and O–H groups in total. The molecule has 0 radical (unpaired) electrons. The number of nitrogens with one attached hydrogen (secondary N) is 1. The number of hydrogen-bond donors (Lipinski definition) is 1. The van der Waals surface area contributed by atoms with E-state index in [4.69, 9.17) is 4.74 Å². The number of hydrogen-bond acceptors (Lipinski definition) is 3. The first-order valence-corrected chi connectivity index (χ1v) is 8.73. The summed E-state index contributed by atoms with van der Waals surface area (Å²) in [6, 6.07) is 14.8. The highest BCUT2D eigenvalue weighted by molar-refractivity contribution is 9.10. The van der Waals surface area contributed by atoms with Gasteiger partial charge in [-0.3, -0.25) is 9.59 Å². The molecule has 0 bridgehead atoms. The minimum absolute atomic E-state index is 0.0494. The minimum Gasteiger partial charge on any atom is -0.491 e. The molecule has 0 aliphatic heterocycles. The molecule has 0 saturated heterocycles. The Kier molecular flexibility index (Phi) is 7.01. The van der Waals surface area contributed by atoms with Crippen LogP contribution in [-0.2, 0) is 4.79 Å². The number of likely N-dealkylation sites (N-methyl/N-ethyl adjacent to an activating group) is 1. The molecule has 0 saturated carbocycles. The summed E-state index contributed by atoms with van der Waals surface area (Å²) >= 11 is 3.32. The van der Waals surface area contributed by atoms with Gasteiger partial charge in [-0.2, -0.15) is 0 Å². The van der Waals surface area contributed by atoms with Crippen molar-refractivity contribution in [1.82, 2.24) is 10.2 Å². The van der Waals surface area contributed by atoms with Crippen molar-refractivity contribution in [2.24, 2.45) is 0 Å². The Bertz CT molecular complexity index is 749. The van der Waals surface area contributed by atoms with Gasteiger partial charge in [0.15, 0.2) is 0 Å². The number of aryl methyl sites for hydroxylation is 1. The highest BCUT2D eigenvalue weighted by Gasteiger charge is 2.12. The third kappa shape index (κ3) is 5.90. The summed E-state index contributed by atoms with van der Waals surface area (Å²) in [5.41, 5.74) is 1.56. The van der Waals surface area contributed by atoms with Crippen LogP contribution in [0.2, 0.25) is 0 Å². The van der Waals surface area contributed by atoms with Gasteiger partial charge in [-0.25, -0.2) is 0 Å². The lowest BCUT2D eigenvalue weighted by Gasteiger charge is -2.18. The molecule has 0 unspecified atom stereocenters. The fourth-order valence-corrected chi connectivity index (χ4v) is 2.56. The summed E-state index contributed by atoms with van der Waals surface area (Å²) < 4.78 is 6.50. The molecule has 2 amide bonds. The normalized spacial score (nSPS) is 10.2. The predicted octanol–water partition coefficient (Wildman–Crippen LogP) is 3.02. The topological polar surface area (TPSA) is 58.6 Å². The van der Waals surface area contributed by atoms with E-state index >= 15 is 0 Å². The third-order valence-corrected chi connectivity index (χ3v) is 4.18. The molecule has 0 heterocycles. The van der Waals surface area contributed by atoms with E-state index in [0.29, 0.717) is 18.7 Å². The van der Waals surface area contributed by atoms with Gasteiger partial charge in [0.2, 0.25) is 5.91 Å². The molecule has 0 aliphatic rings. The maximum atomic E-state index is 12.1. The first kappa shape index (κ1) is 19.0. The highest BCUT2D eigenvalue weighted by Crippen LogP contribution is 2.15. The number of nitrogens with zero attached hydrogens (tertiary/aromatic N) is 1. The van der Waals surface area contributed by atoms with E-state index in [-0.39, 0.29) is 18.4 Å². The van der Waals surface area contributed by atoms with Crippen LogP contribution in [0.3, 0.4) is 0 Å². The molecule has 0 spiro atoms. The number of carbonyl (C=O) groups is 2. The van der Waals surface area contributed by atoms with Crippen LogP contribution in [0.5, 0.6) is 5.75 Å². The lowest BCUT2D eigenvalue weighted by atomic mass is 10.2. The molecule has 2 aromatic rings. The van der Waals surface area contributed by atoms with Crippen molar-refractivity contribution in [3.05, 3.63) is 64.1 Å². The lowest BCUT2D eigenvalue weighted by Crippen LogP contribution is -2.39. The van der Waals surface area contributed by atoms with Crippen LogP contribution in [0.1, 0.15) is 15.9 Å². The minimum atomic E-state index is -0.279. The quantitative estimate of drug-likeness (QED) is 0.771. The smallest absolute Gasteiger partial charge is 0.251 e.